The highest BCUT2D eigenvalue weighted by Gasteiger charge is 2.25. The Morgan fingerprint density at radius 3 is 3.00 bits per heavy atom. The third kappa shape index (κ3) is 1.13. The maximum absolute atomic E-state index is 5.16. The van der Waals surface area contributed by atoms with Crippen LogP contribution in [0.5, 0.6) is 0 Å². The molecule has 0 atom stereocenters. The fraction of sp³-hybridized carbons (Fsp3) is 0.625. The quantitative estimate of drug-likeness (QED) is 0.673. The molecule has 0 aliphatic heterocycles. The highest BCUT2D eigenvalue weighted by molar-refractivity contribution is 7.71. The maximum Gasteiger partial charge on any atom is 0.177 e. The van der Waals surface area contributed by atoms with Crippen molar-refractivity contribution in [3.8, 4) is 0 Å². The third-order valence-electron chi connectivity index (χ3n) is 2.16. The molecule has 2 rings (SSSR count). The molecule has 1 fully saturated rings. The molecule has 2 nitrogen and oxygen atoms in total. The van der Waals surface area contributed by atoms with Gasteiger partial charge in [-0.1, -0.05) is 6.92 Å². The van der Waals surface area contributed by atoms with Crippen LogP contribution in [0.1, 0.15) is 31.5 Å². The Bertz CT molecular complexity index is 306. The summed E-state index contributed by atoms with van der Waals surface area (Å²) in [6.07, 6.45) is 5.71. The van der Waals surface area contributed by atoms with Gasteiger partial charge in [0.1, 0.15) is 0 Å². The zero-order valence-corrected chi connectivity index (χ0v) is 7.45. The van der Waals surface area contributed by atoms with Crippen LogP contribution in [-0.2, 0) is 6.42 Å². The van der Waals surface area contributed by atoms with Crippen molar-refractivity contribution < 1.29 is 0 Å². The van der Waals surface area contributed by atoms with E-state index in [0.29, 0.717) is 6.04 Å². The van der Waals surface area contributed by atoms with Gasteiger partial charge in [-0.15, -0.1) is 0 Å². The molecule has 1 aromatic heterocycles. The van der Waals surface area contributed by atoms with Gasteiger partial charge in [0.25, 0.3) is 0 Å². The predicted molar refractivity (Wildman–Crippen MR) is 47.3 cm³/mol. The maximum atomic E-state index is 5.16. The van der Waals surface area contributed by atoms with Crippen molar-refractivity contribution in [2.45, 2.75) is 32.2 Å². The van der Waals surface area contributed by atoms with Gasteiger partial charge in [-0.3, -0.25) is 0 Å². The van der Waals surface area contributed by atoms with Crippen LogP contribution in [0.4, 0.5) is 0 Å². The van der Waals surface area contributed by atoms with E-state index in [4.69, 9.17) is 12.2 Å². The van der Waals surface area contributed by atoms with E-state index < -0.39 is 0 Å². The van der Waals surface area contributed by atoms with Crippen molar-refractivity contribution >= 4 is 12.2 Å². The number of imidazole rings is 1. The molecular weight excluding hydrogens is 156 g/mol. The van der Waals surface area contributed by atoms with Gasteiger partial charge in [0, 0.05) is 17.9 Å². The summed E-state index contributed by atoms with van der Waals surface area (Å²) in [6, 6.07) is 0.712. The molecule has 0 spiro atoms. The first-order valence-electron chi connectivity index (χ1n) is 4.11. The summed E-state index contributed by atoms with van der Waals surface area (Å²) in [7, 11) is 0. The second-order valence-electron chi connectivity index (χ2n) is 3.04. The molecule has 0 unspecified atom stereocenters. The molecular formula is C8H12N2S. The van der Waals surface area contributed by atoms with Crippen LogP contribution in [0.25, 0.3) is 0 Å². The molecule has 1 N–H and O–H groups in total. The fourth-order valence-corrected chi connectivity index (χ4v) is 1.75. The number of hydrogen-bond donors (Lipinski definition) is 1. The van der Waals surface area contributed by atoms with E-state index in [0.717, 1.165) is 11.2 Å². The molecule has 0 amide bonds. The lowest BCUT2D eigenvalue weighted by molar-refractivity contribution is 0.689. The number of nitrogens with zero attached hydrogens (tertiary/aromatic N) is 1. The molecule has 1 aliphatic carbocycles. The van der Waals surface area contributed by atoms with Crippen molar-refractivity contribution in [2.24, 2.45) is 0 Å². The summed E-state index contributed by atoms with van der Waals surface area (Å²) in [6.45, 7) is 2.16. The minimum atomic E-state index is 0.712. The molecule has 0 saturated heterocycles. The number of nitrogens with one attached hydrogen (secondary N) is 1. The summed E-state index contributed by atoms with van der Waals surface area (Å²) in [5.74, 6) is 0. The molecule has 0 radical (unpaired) electrons. The number of H-pyrrole nitrogens is 1. The molecule has 11 heavy (non-hydrogen) atoms. The summed E-state index contributed by atoms with van der Waals surface area (Å²) < 4.78 is 3.15. The monoisotopic (exact) mass is 168 g/mol. The smallest absolute Gasteiger partial charge is 0.177 e. The van der Waals surface area contributed by atoms with Crippen molar-refractivity contribution in [1.29, 1.82) is 0 Å². The second kappa shape index (κ2) is 2.48. The average molecular weight is 168 g/mol. The van der Waals surface area contributed by atoms with Gasteiger partial charge in [-0.05, 0) is 31.5 Å². The standard InChI is InChI=1S/C8H12N2S/c1-2-6-5-9-8(11)10(6)7-3-4-7/h5,7H,2-4H2,1H3,(H,9,11). The Balaban J connectivity index is 2.46. The number of rotatable bonds is 2. The molecule has 1 heterocycles. The molecule has 1 saturated carbocycles. The van der Waals surface area contributed by atoms with Crippen molar-refractivity contribution in [2.75, 3.05) is 0 Å². The highest BCUT2D eigenvalue weighted by atomic mass is 32.1. The minimum Gasteiger partial charge on any atom is -0.337 e. The van der Waals surface area contributed by atoms with Crippen LogP contribution >= 0.6 is 12.2 Å². The van der Waals surface area contributed by atoms with Crippen molar-refractivity contribution in [1.82, 2.24) is 9.55 Å². The molecule has 0 aromatic carbocycles. The Kier molecular flexibility index (Phi) is 1.60. The van der Waals surface area contributed by atoms with E-state index in [9.17, 15) is 0 Å². The van der Waals surface area contributed by atoms with Gasteiger partial charge >= 0.3 is 0 Å². The molecule has 0 bridgehead atoms. The van der Waals surface area contributed by atoms with E-state index in [1.54, 1.807) is 0 Å². The van der Waals surface area contributed by atoms with Gasteiger partial charge in [0.15, 0.2) is 4.77 Å². The first kappa shape index (κ1) is 7.10. The number of aryl methyl sites for hydroxylation is 1. The van der Waals surface area contributed by atoms with Crippen molar-refractivity contribution in [3.63, 3.8) is 0 Å². The van der Waals surface area contributed by atoms with Crippen molar-refractivity contribution in [3.05, 3.63) is 16.7 Å². The molecule has 60 valence electrons. The number of aromatic amines is 1. The average Bonchev–Trinajstić information content (AvgIpc) is 2.76. The lowest BCUT2D eigenvalue weighted by Crippen LogP contribution is -1.98. The van der Waals surface area contributed by atoms with Crippen LogP contribution < -0.4 is 0 Å². The van der Waals surface area contributed by atoms with Crippen LogP contribution in [0, 0.1) is 4.77 Å². The third-order valence-corrected chi connectivity index (χ3v) is 2.48. The normalized spacial score (nSPS) is 17.2. The summed E-state index contributed by atoms with van der Waals surface area (Å²) in [5.41, 5.74) is 1.34. The molecule has 1 aromatic rings. The van der Waals surface area contributed by atoms with Crippen LogP contribution in [0.2, 0.25) is 0 Å². The zero-order chi connectivity index (χ0) is 7.84. The topological polar surface area (TPSA) is 20.7 Å². The van der Waals surface area contributed by atoms with Gasteiger partial charge in [0.05, 0.1) is 0 Å². The van der Waals surface area contributed by atoms with E-state index >= 15 is 0 Å². The van der Waals surface area contributed by atoms with Crippen LogP contribution in [0.3, 0.4) is 0 Å². The minimum absolute atomic E-state index is 0.712. The lowest BCUT2D eigenvalue weighted by atomic mass is 10.3. The first-order chi connectivity index (χ1) is 5.33. The van der Waals surface area contributed by atoms with E-state index in [2.05, 4.69) is 16.5 Å². The van der Waals surface area contributed by atoms with Gasteiger partial charge in [-0.25, -0.2) is 0 Å². The van der Waals surface area contributed by atoms with Crippen LogP contribution in [0.15, 0.2) is 6.20 Å². The second-order valence-corrected chi connectivity index (χ2v) is 3.43. The van der Waals surface area contributed by atoms with Gasteiger partial charge in [0.2, 0.25) is 0 Å². The number of aromatic nitrogens is 2. The highest BCUT2D eigenvalue weighted by Crippen LogP contribution is 2.36. The van der Waals surface area contributed by atoms with E-state index in [1.807, 2.05) is 6.20 Å². The largest absolute Gasteiger partial charge is 0.337 e. The zero-order valence-electron chi connectivity index (χ0n) is 6.63. The Morgan fingerprint density at radius 2 is 2.45 bits per heavy atom. The Hall–Kier alpha value is -0.570. The van der Waals surface area contributed by atoms with E-state index in [1.165, 1.54) is 18.5 Å². The Morgan fingerprint density at radius 1 is 1.73 bits per heavy atom. The number of hydrogen-bond acceptors (Lipinski definition) is 1. The SMILES string of the molecule is CCc1c[nH]c(=S)n1C1CC1. The first-order valence-corrected chi connectivity index (χ1v) is 4.52. The molecule has 3 heteroatoms. The predicted octanol–water partition coefficient (Wildman–Crippen LogP) is 2.44. The molecule has 1 aliphatic rings. The van der Waals surface area contributed by atoms with Gasteiger partial charge < -0.3 is 9.55 Å². The van der Waals surface area contributed by atoms with Crippen LogP contribution in [-0.4, -0.2) is 9.55 Å². The summed E-state index contributed by atoms with van der Waals surface area (Å²) in [5, 5.41) is 0. The fourth-order valence-electron chi connectivity index (χ4n) is 1.42. The lowest BCUT2D eigenvalue weighted by Gasteiger charge is -2.02. The Labute approximate surface area is 71.2 Å². The van der Waals surface area contributed by atoms with Gasteiger partial charge in [-0.2, -0.15) is 0 Å². The summed E-state index contributed by atoms with van der Waals surface area (Å²) >= 11 is 5.16. The van der Waals surface area contributed by atoms with E-state index in [-0.39, 0.29) is 0 Å². The summed E-state index contributed by atoms with van der Waals surface area (Å²) in [4.78, 5) is 3.09.